The van der Waals surface area contributed by atoms with Crippen LogP contribution in [0.4, 0.5) is 13.2 Å². The molecule has 0 saturated heterocycles. The van der Waals surface area contributed by atoms with Gasteiger partial charge in [-0.3, -0.25) is 0 Å². The zero-order valence-corrected chi connectivity index (χ0v) is 15.6. The molecule has 1 N–H and O–H groups in total. The van der Waals surface area contributed by atoms with Crippen LogP contribution < -0.4 is 4.74 Å². The first-order valence-electron chi connectivity index (χ1n) is 9.34. The van der Waals surface area contributed by atoms with Crippen LogP contribution in [0.3, 0.4) is 0 Å². The van der Waals surface area contributed by atoms with Gasteiger partial charge in [0.2, 0.25) is 0 Å². The maximum atomic E-state index is 12.3. The zero-order chi connectivity index (χ0) is 19.1. The van der Waals surface area contributed by atoms with Crippen molar-refractivity contribution in [2.24, 2.45) is 5.92 Å². The van der Waals surface area contributed by atoms with Crippen molar-refractivity contribution in [2.45, 2.75) is 77.0 Å². The second-order valence-electron chi connectivity index (χ2n) is 8.26. The van der Waals surface area contributed by atoms with E-state index in [1.54, 1.807) is 6.07 Å². The van der Waals surface area contributed by atoms with Crippen molar-refractivity contribution in [1.82, 2.24) is 0 Å². The first-order chi connectivity index (χ1) is 12.1. The van der Waals surface area contributed by atoms with Crippen LogP contribution in [0.25, 0.3) is 0 Å². The Labute approximate surface area is 153 Å². The molecule has 1 aliphatic carbocycles. The predicted molar refractivity (Wildman–Crippen MR) is 95.6 cm³/mol. The number of unbranched alkanes of at least 4 members (excludes halogenated alkanes) is 1. The van der Waals surface area contributed by atoms with Crippen molar-refractivity contribution in [3.8, 4) is 11.5 Å². The fourth-order valence-electron chi connectivity index (χ4n) is 4.42. The van der Waals surface area contributed by atoms with E-state index < -0.39 is 12.6 Å². The molecule has 2 aliphatic rings. The van der Waals surface area contributed by atoms with Crippen molar-refractivity contribution in [1.29, 1.82) is 0 Å². The third kappa shape index (κ3) is 4.02. The molecule has 2 unspecified atom stereocenters. The molecule has 2 atom stereocenters. The molecule has 2 nitrogen and oxygen atoms in total. The van der Waals surface area contributed by atoms with Gasteiger partial charge in [0, 0.05) is 23.8 Å². The highest BCUT2D eigenvalue weighted by Crippen LogP contribution is 2.54. The quantitative estimate of drug-likeness (QED) is 0.501. The molecule has 1 aromatic carbocycles. The van der Waals surface area contributed by atoms with E-state index in [-0.39, 0.29) is 23.7 Å². The van der Waals surface area contributed by atoms with Gasteiger partial charge in [-0.25, -0.2) is 0 Å². The lowest BCUT2D eigenvalue weighted by Gasteiger charge is -2.47. The van der Waals surface area contributed by atoms with Gasteiger partial charge < -0.3 is 9.84 Å². The van der Waals surface area contributed by atoms with Gasteiger partial charge in [0.15, 0.2) is 0 Å². The maximum Gasteiger partial charge on any atom is 0.389 e. The Morgan fingerprint density at radius 2 is 1.96 bits per heavy atom. The normalized spacial score (nSPS) is 24.3. The number of aryl methyl sites for hydroxylation is 1. The highest BCUT2D eigenvalue weighted by Gasteiger charge is 2.45. The standard InChI is InChI=1S/C21H27F3O2/c1-13-7-8-16-15(10-13)19-17(25)11-14(6-4-5-9-21(22,23)24)12-18(19)26-20(16,2)3/h7,11-12,15-16,25H,4-6,8-10H2,1-3H3. The molecular formula is C21H27F3O2. The van der Waals surface area contributed by atoms with E-state index in [0.29, 0.717) is 24.5 Å². The number of halogens is 3. The lowest BCUT2D eigenvalue weighted by Crippen LogP contribution is -2.45. The number of aromatic hydroxyl groups is 1. The molecule has 0 radical (unpaired) electrons. The minimum atomic E-state index is -4.10. The number of phenolic OH excluding ortho intramolecular Hbond substituents is 1. The summed E-state index contributed by atoms with van der Waals surface area (Å²) < 4.78 is 43.1. The number of fused-ring (bicyclic) bond motifs is 3. The molecule has 1 heterocycles. The minimum Gasteiger partial charge on any atom is -0.508 e. The highest BCUT2D eigenvalue weighted by atomic mass is 19.4. The van der Waals surface area contributed by atoms with Gasteiger partial charge in [-0.2, -0.15) is 13.2 Å². The summed E-state index contributed by atoms with van der Waals surface area (Å²) in [6.45, 7) is 6.27. The molecule has 0 amide bonds. The first kappa shape index (κ1) is 19.1. The fourth-order valence-corrected chi connectivity index (χ4v) is 4.42. The van der Waals surface area contributed by atoms with Gasteiger partial charge in [0.1, 0.15) is 17.1 Å². The largest absolute Gasteiger partial charge is 0.508 e. The Bertz CT molecular complexity index is 704. The van der Waals surface area contributed by atoms with Gasteiger partial charge in [0.05, 0.1) is 0 Å². The van der Waals surface area contributed by atoms with Gasteiger partial charge in [0.25, 0.3) is 0 Å². The molecule has 5 heteroatoms. The third-order valence-electron chi connectivity index (χ3n) is 5.74. The van der Waals surface area contributed by atoms with Crippen LogP contribution in [0.5, 0.6) is 11.5 Å². The average molecular weight is 368 g/mol. The topological polar surface area (TPSA) is 29.5 Å². The Morgan fingerprint density at radius 1 is 1.23 bits per heavy atom. The van der Waals surface area contributed by atoms with Gasteiger partial charge >= 0.3 is 6.18 Å². The van der Waals surface area contributed by atoms with Gasteiger partial charge in [-0.1, -0.05) is 11.6 Å². The van der Waals surface area contributed by atoms with E-state index in [4.69, 9.17) is 4.74 Å². The summed E-state index contributed by atoms with van der Waals surface area (Å²) in [5, 5.41) is 10.6. The summed E-state index contributed by atoms with van der Waals surface area (Å²) in [6, 6.07) is 3.62. The number of rotatable bonds is 4. The average Bonchev–Trinajstić information content (AvgIpc) is 2.49. The highest BCUT2D eigenvalue weighted by molar-refractivity contribution is 5.52. The molecule has 0 saturated carbocycles. The molecule has 1 aliphatic heterocycles. The third-order valence-corrected chi connectivity index (χ3v) is 5.74. The molecule has 0 aromatic heterocycles. The second kappa shape index (κ2) is 6.82. The monoisotopic (exact) mass is 368 g/mol. The fraction of sp³-hybridized carbons (Fsp3) is 0.619. The number of hydrogen-bond acceptors (Lipinski definition) is 2. The Balaban J connectivity index is 1.81. The summed E-state index contributed by atoms with van der Waals surface area (Å²) in [7, 11) is 0. The molecular weight excluding hydrogens is 341 g/mol. The summed E-state index contributed by atoms with van der Waals surface area (Å²) >= 11 is 0. The van der Waals surface area contributed by atoms with E-state index in [2.05, 4.69) is 26.8 Å². The predicted octanol–water partition coefficient (Wildman–Crippen LogP) is 6.28. The molecule has 0 fully saturated rings. The van der Waals surface area contributed by atoms with Gasteiger partial charge in [-0.05, 0) is 70.6 Å². The maximum absolute atomic E-state index is 12.3. The van der Waals surface area contributed by atoms with Crippen LogP contribution >= 0.6 is 0 Å². The van der Waals surface area contributed by atoms with E-state index >= 15 is 0 Å². The number of phenols is 1. The number of alkyl halides is 3. The number of benzene rings is 1. The molecule has 1 aromatic rings. The summed E-state index contributed by atoms with van der Waals surface area (Å²) in [5.74, 6) is 1.44. The van der Waals surface area contributed by atoms with E-state index in [1.807, 2.05) is 6.07 Å². The van der Waals surface area contributed by atoms with Crippen molar-refractivity contribution < 1.29 is 23.0 Å². The molecule has 144 valence electrons. The molecule has 0 bridgehead atoms. The van der Waals surface area contributed by atoms with Crippen molar-refractivity contribution in [2.75, 3.05) is 0 Å². The van der Waals surface area contributed by atoms with Gasteiger partial charge in [-0.15, -0.1) is 0 Å². The zero-order valence-electron chi connectivity index (χ0n) is 15.6. The summed E-state index contributed by atoms with van der Waals surface area (Å²) in [6.07, 6.45) is 0.272. The van der Waals surface area contributed by atoms with E-state index in [0.717, 1.165) is 24.0 Å². The molecule has 26 heavy (non-hydrogen) atoms. The van der Waals surface area contributed by atoms with Crippen molar-refractivity contribution in [3.05, 3.63) is 34.9 Å². The SMILES string of the molecule is CC1=CCC2C(C1)c1c(O)cc(CCCCC(F)(F)F)cc1OC2(C)C. The molecule has 0 spiro atoms. The Kier molecular flexibility index (Phi) is 5.02. The Morgan fingerprint density at radius 3 is 2.65 bits per heavy atom. The van der Waals surface area contributed by atoms with Crippen LogP contribution in [0, 0.1) is 5.92 Å². The number of ether oxygens (including phenoxy) is 1. The summed E-state index contributed by atoms with van der Waals surface area (Å²) in [4.78, 5) is 0. The van der Waals surface area contributed by atoms with Crippen LogP contribution in [-0.2, 0) is 6.42 Å². The van der Waals surface area contributed by atoms with Crippen molar-refractivity contribution >= 4 is 0 Å². The Hall–Kier alpha value is -1.65. The van der Waals surface area contributed by atoms with Crippen LogP contribution in [-0.4, -0.2) is 16.9 Å². The second-order valence-corrected chi connectivity index (χ2v) is 8.26. The van der Waals surface area contributed by atoms with Crippen LogP contribution in [0.1, 0.15) is 69.9 Å². The lowest BCUT2D eigenvalue weighted by atomic mass is 9.67. The summed E-state index contributed by atoms with van der Waals surface area (Å²) in [5.41, 5.74) is 2.68. The lowest BCUT2D eigenvalue weighted by molar-refractivity contribution is -0.135. The number of hydrogen-bond donors (Lipinski definition) is 1. The van der Waals surface area contributed by atoms with Crippen LogP contribution in [0.2, 0.25) is 0 Å². The van der Waals surface area contributed by atoms with E-state index in [1.165, 1.54) is 5.57 Å². The molecule has 3 rings (SSSR count). The van der Waals surface area contributed by atoms with E-state index in [9.17, 15) is 18.3 Å². The number of allylic oxidation sites excluding steroid dienone is 2. The van der Waals surface area contributed by atoms with Crippen molar-refractivity contribution in [3.63, 3.8) is 0 Å². The smallest absolute Gasteiger partial charge is 0.389 e. The minimum absolute atomic E-state index is 0.0996. The first-order valence-corrected chi connectivity index (χ1v) is 9.34. The van der Waals surface area contributed by atoms with Crippen LogP contribution in [0.15, 0.2) is 23.8 Å².